The number of hydrogen-bond donors (Lipinski definition) is 1. The highest BCUT2D eigenvalue weighted by molar-refractivity contribution is 5.94. The van der Waals surface area contributed by atoms with Crippen LogP contribution < -0.4 is 5.32 Å². The van der Waals surface area contributed by atoms with Gasteiger partial charge in [0.05, 0.1) is 5.56 Å². The lowest BCUT2D eigenvalue weighted by molar-refractivity contribution is 0.0185. The summed E-state index contributed by atoms with van der Waals surface area (Å²) in [5.74, 6) is -1.01. The van der Waals surface area contributed by atoms with Crippen molar-refractivity contribution >= 4 is 12.0 Å². The van der Waals surface area contributed by atoms with Gasteiger partial charge in [-0.1, -0.05) is 12.1 Å². The van der Waals surface area contributed by atoms with Crippen molar-refractivity contribution in [2.24, 2.45) is 0 Å². The third-order valence-electron chi connectivity index (χ3n) is 3.53. The van der Waals surface area contributed by atoms with E-state index in [0.717, 1.165) is 12.8 Å². The Hall–Kier alpha value is -2.11. The van der Waals surface area contributed by atoms with Gasteiger partial charge >= 0.3 is 6.09 Å². The third-order valence-corrected chi connectivity index (χ3v) is 3.53. The number of likely N-dealkylation sites (tertiary alicyclic amines) is 1. The van der Waals surface area contributed by atoms with E-state index >= 15 is 0 Å². The molecular weight excluding hydrogens is 299 g/mol. The van der Waals surface area contributed by atoms with Gasteiger partial charge in [0.15, 0.2) is 0 Å². The Labute approximate surface area is 135 Å². The van der Waals surface area contributed by atoms with Crippen LogP contribution in [-0.2, 0) is 4.74 Å². The quantitative estimate of drug-likeness (QED) is 0.911. The zero-order valence-corrected chi connectivity index (χ0v) is 13.8. The van der Waals surface area contributed by atoms with E-state index in [2.05, 4.69) is 5.32 Å². The minimum atomic E-state index is -0.555. The van der Waals surface area contributed by atoms with Crippen LogP contribution in [0.3, 0.4) is 0 Å². The van der Waals surface area contributed by atoms with Crippen molar-refractivity contribution in [2.45, 2.75) is 45.3 Å². The Morgan fingerprint density at radius 1 is 1.30 bits per heavy atom. The van der Waals surface area contributed by atoms with Crippen molar-refractivity contribution in [3.8, 4) is 0 Å². The first-order valence-corrected chi connectivity index (χ1v) is 7.79. The van der Waals surface area contributed by atoms with Crippen molar-refractivity contribution in [3.05, 3.63) is 35.6 Å². The second-order valence-electron chi connectivity index (χ2n) is 6.72. The molecule has 1 atom stereocenters. The van der Waals surface area contributed by atoms with Crippen molar-refractivity contribution in [2.75, 3.05) is 13.1 Å². The number of nitrogens with zero attached hydrogens (tertiary/aromatic N) is 1. The van der Waals surface area contributed by atoms with Crippen LogP contribution in [0.1, 0.15) is 44.0 Å². The largest absolute Gasteiger partial charge is 0.444 e. The Balaban J connectivity index is 1.95. The van der Waals surface area contributed by atoms with Crippen LogP contribution in [0.15, 0.2) is 24.3 Å². The number of halogens is 1. The summed E-state index contributed by atoms with van der Waals surface area (Å²) in [5.41, 5.74) is -0.539. The summed E-state index contributed by atoms with van der Waals surface area (Å²) in [6.45, 7) is 6.40. The fourth-order valence-electron chi connectivity index (χ4n) is 2.50. The molecule has 0 saturated carbocycles. The van der Waals surface area contributed by atoms with Crippen LogP contribution in [0.2, 0.25) is 0 Å². The first-order valence-electron chi connectivity index (χ1n) is 7.79. The van der Waals surface area contributed by atoms with Gasteiger partial charge in [0.1, 0.15) is 11.4 Å². The topological polar surface area (TPSA) is 58.6 Å². The monoisotopic (exact) mass is 322 g/mol. The summed E-state index contributed by atoms with van der Waals surface area (Å²) < 4.78 is 19.0. The minimum absolute atomic E-state index is 0.0156. The van der Waals surface area contributed by atoms with Gasteiger partial charge in [-0.15, -0.1) is 0 Å². The first kappa shape index (κ1) is 17.2. The van der Waals surface area contributed by atoms with Crippen molar-refractivity contribution < 1.29 is 18.7 Å². The molecule has 126 valence electrons. The predicted molar refractivity (Wildman–Crippen MR) is 84.7 cm³/mol. The van der Waals surface area contributed by atoms with Gasteiger partial charge in [-0.05, 0) is 45.7 Å². The molecule has 1 aromatic rings. The van der Waals surface area contributed by atoms with E-state index in [-0.39, 0.29) is 17.7 Å². The van der Waals surface area contributed by atoms with E-state index in [9.17, 15) is 14.0 Å². The van der Waals surface area contributed by atoms with E-state index in [0.29, 0.717) is 13.1 Å². The highest BCUT2D eigenvalue weighted by Gasteiger charge is 2.28. The molecule has 0 unspecified atom stereocenters. The fraction of sp³-hybridized carbons (Fsp3) is 0.529. The van der Waals surface area contributed by atoms with Crippen LogP contribution in [0, 0.1) is 5.82 Å². The van der Waals surface area contributed by atoms with E-state index in [1.54, 1.807) is 11.0 Å². The number of hydrogen-bond acceptors (Lipinski definition) is 3. The molecule has 2 amide bonds. The number of piperidine rings is 1. The van der Waals surface area contributed by atoms with E-state index in [1.807, 2.05) is 20.8 Å². The number of carbonyl (C=O) groups excluding carboxylic acids is 2. The van der Waals surface area contributed by atoms with Crippen LogP contribution in [0.4, 0.5) is 9.18 Å². The second-order valence-corrected chi connectivity index (χ2v) is 6.72. The summed E-state index contributed by atoms with van der Waals surface area (Å²) in [7, 11) is 0. The van der Waals surface area contributed by atoms with Gasteiger partial charge in [0.25, 0.3) is 5.91 Å². The molecule has 0 spiro atoms. The smallest absolute Gasteiger partial charge is 0.410 e. The SMILES string of the molecule is CC(C)(C)OC(=O)N1CCC[C@@H](NC(=O)c2ccccc2F)C1. The van der Waals surface area contributed by atoms with Crippen molar-refractivity contribution in [1.29, 1.82) is 0 Å². The Morgan fingerprint density at radius 2 is 2.00 bits per heavy atom. The highest BCUT2D eigenvalue weighted by Crippen LogP contribution is 2.16. The first-order chi connectivity index (χ1) is 10.8. The maximum Gasteiger partial charge on any atom is 0.410 e. The summed E-state index contributed by atoms with van der Waals surface area (Å²) in [4.78, 5) is 25.8. The van der Waals surface area contributed by atoms with Gasteiger partial charge in [-0.2, -0.15) is 0 Å². The van der Waals surface area contributed by atoms with E-state index in [1.165, 1.54) is 18.2 Å². The van der Waals surface area contributed by atoms with Gasteiger partial charge in [-0.3, -0.25) is 4.79 Å². The molecule has 0 bridgehead atoms. The Kier molecular flexibility index (Phi) is 5.23. The normalized spacial score (nSPS) is 18.4. The zero-order valence-electron chi connectivity index (χ0n) is 13.8. The second kappa shape index (κ2) is 6.98. The molecule has 1 aliphatic heterocycles. The number of amides is 2. The third kappa shape index (κ3) is 4.94. The number of carbonyl (C=O) groups is 2. The number of rotatable bonds is 2. The van der Waals surface area contributed by atoms with Crippen LogP contribution in [0.5, 0.6) is 0 Å². The van der Waals surface area contributed by atoms with E-state index < -0.39 is 17.3 Å². The molecule has 5 nitrogen and oxygen atoms in total. The Morgan fingerprint density at radius 3 is 2.65 bits per heavy atom. The lowest BCUT2D eigenvalue weighted by atomic mass is 10.1. The van der Waals surface area contributed by atoms with Gasteiger partial charge < -0.3 is 15.0 Å². The average molecular weight is 322 g/mol. The summed E-state index contributed by atoms with van der Waals surface area (Å²) in [5, 5.41) is 2.80. The lowest BCUT2D eigenvalue weighted by Crippen LogP contribution is -2.50. The maximum atomic E-state index is 13.6. The molecule has 0 radical (unpaired) electrons. The molecule has 2 rings (SSSR count). The standard InChI is InChI=1S/C17H23FN2O3/c1-17(2,3)23-16(22)20-10-6-7-12(11-20)19-15(21)13-8-4-5-9-14(13)18/h4-5,8-9,12H,6-7,10-11H2,1-3H3,(H,19,21)/t12-/m1/s1. The zero-order chi connectivity index (χ0) is 17.0. The van der Waals surface area contributed by atoms with Crippen LogP contribution >= 0.6 is 0 Å². The summed E-state index contributed by atoms with van der Waals surface area (Å²) in [6.07, 6.45) is 1.13. The van der Waals surface area contributed by atoms with Crippen molar-refractivity contribution in [1.82, 2.24) is 10.2 Å². The van der Waals surface area contributed by atoms with Crippen LogP contribution in [-0.4, -0.2) is 41.6 Å². The van der Waals surface area contributed by atoms with Gasteiger partial charge in [0, 0.05) is 19.1 Å². The molecule has 6 heteroatoms. The van der Waals surface area contributed by atoms with Crippen LogP contribution in [0.25, 0.3) is 0 Å². The van der Waals surface area contributed by atoms with Gasteiger partial charge in [0.2, 0.25) is 0 Å². The van der Waals surface area contributed by atoms with E-state index in [4.69, 9.17) is 4.74 Å². The number of ether oxygens (including phenoxy) is 1. The molecule has 1 heterocycles. The average Bonchev–Trinajstić information content (AvgIpc) is 2.46. The van der Waals surface area contributed by atoms with Gasteiger partial charge in [-0.25, -0.2) is 9.18 Å². The summed E-state index contributed by atoms with van der Waals surface area (Å²) >= 11 is 0. The number of benzene rings is 1. The predicted octanol–water partition coefficient (Wildman–Crippen LogP) is 2.96. The molecule has 1 saturated heterocycles. The molecule has 1 aliphatic rings. The molecular formula is C17H23FN2O3. The summed E-state index contributed by atoms with van der Waals surface area (Å²) in [6, 6.07) is 5.65. The number of nitrogens with one attached hydrogen (secondary N) is 1. The highest BCUT2D eigenvalue weighted by atomic mass is 19.1. The maximum absolute atomic E-state index is 13.6. The fourth-order valence-corrected chi connectivity index (χ4v) is 2.50. The molecule has 1 fully saturated rings. The molecule has 0 aromatic heterocycles. The molecule has 0 aliphatic carbocycles. The molecule has 1 N–H and O–H groups in total. The Bertz CT molecular complexity index is 583. The molecule has 1 aromatic carbocycles. The molecule has 23 heavy (non-hydrogen) atoms. The lowest BCUT2D eigenvalue weighted by Gasteiger charge is -2.34. The minimum Gasteiger partial charge on any atom is -0.444 e. The van der Waals surface area contributed by atoms with Crippen molar-refractivity contribution in [3.63, 3.8) is 0 Å².